The fourth-order valence-electron chi connectivity index (χ4n) is 4.39. The van der Waals surface area contributed by atoms with Crippen molar-refractivity contribution in [1.82, 2.24) is 10.2 Å². The van der Waals surface area contributed by atoms with Crippen LogP contribution in [0.5, 0.6) is 5.75 Å². The lowest BCUT2D eigenvalue weighted by atomic mass is 10.1. The van der Waals surface area contributed by atoms with Gasteiger partial charge in [0.05, 0.1) is 12.2 Å². The van der Waals surface area contributed by atoms with Crippen LogP contribution >= 0.6 is 0 Å². The van der Waals surface area contributed by atoms with Gasteiger partial charge in [0.1, 0.15) is 17.9 Å². The summed E-state index contributed by atoms with van der Waals surface area (Å²) in [5, 5.41) is 3.89. The van der Waals surface area contributed by atoms with Crippen molar-refractivity contribution in [3.05, 3.63) is 75.6 Å². The number of carbonyl (C=O) groups is 1. The van der Waals surface area contributed by atoms with E-state index < -0.39 is 0 Å². The van der Waals surface area contributed by atoms with Crippen LogP contribution in [0.2, 0.25) is 0 Å². The molecule has 1 aromatic heterocycles. The van der Waals surface area contributed by atoms with Crippen LogP contribution in [0.4, 0.5) is 0 Å². The summed E-state index contributed by atoms with van der Waals surface area (Å²) in [5.41, 5.74) is 2.57. The van der Waals surface area contributed by atoms with Gasteiger partial charge < -0.3 is 19.2 Å². The zero-order chi connectivity index (χ0) is 24.1. The van der Waals surface area contributed by atoms with E-state index in [-0.39, 0.29) is 23.7 Å². The largest absolute Gasteiger partial charge is 0.489 e. The fraction of sp³-hybridized carbons (Fsp3) is 0.407. The number of carbonyl (C=O) groups excluding carboxylic acids is 1. The van der Waals surface area contributed by atoms with Crippen molar-refractivity contribution in [3.8, 4) is 5.75 Å². The molecule has 180 valence electrons. The van der Waals surface area contributed by atoms with Crippen LogP contribution in [0.1, 0.15) is 41.8 Å². The Bertz CT molecular complexity index is 1180. The minimum absolute atomic E-state index is 0.0730. The topological polar surface area (TPSA) is 81.0 Å². The van der Waals surface area contributed by atoms with Crippen molar-refractivity contribution in [3.63, 3.8) is 0 Å². The lowest BCUT2D eigenvalue weighted by molar-refractivity contribution is -0.0679. The van der Waals surface area contributed by atoms with E-state index in [1.165, 1.54) is 6.07 Å². The maximum Gasteiger partial charge on any atom is 0.336 e. The van der Waals surface area contributed by atoms with E-state index in [9.17, 15) is 9.59 Å². The van der Waals surface area contributed by atoms with Gasteiger partial charge in [0.15, 0.2) is 0 Å². The molecule has 1 aliphatic heterocycles. The Hall–Kier alpha value is -3.16. The summed E-state index contributed by atoms with van der Waals surface area (Å²) < 4.78 is 16.9. The summed E-state index contributed by atoms with van der Waals surface area (Å²) in [6.07, 6.45) is 1.42. The van der Waals surface area contributed by atoms with E-state index in [1.54, 1.807) is 6.07 Å². The SMILES string of the molecule is Cc1cc(=O)oc2cc(OCc3ccc(C(=O)NCCCN4C[C@@H](C)O[C@H](C)C4)cc3)ccc12. The van der Waals surface area contributed by atoms with E-state index in [4.69, 9.17) is 13.9 Å². The van der Waals surface area contributed by atoms with E-state index in [2.05, 4.69) is 24.1 Å². The number of nitrogens with zero attached hydrogens (tertiary/aromatic N) is 1. The quantitative estimate of drug-likeness (QED) is 0.402. The number of nitrogens with one attached hydrogen (secondary N) is 1. The molecule has 0 radical (unpaired) electrons. The molecule has 1 aliphatic rings. The number of amides is 1. The Morgan fingerprint density at radius 1 is 1.09 bits per heavy atom. The summed E-state index contributed by atoms with van der Waals surface area (Å²) in [4.78, 5) is 26.5. The standard InChI is InChI=1S/C27H32N2O5/c1-18-13-26(30)34-25-14-23(9-10-24(18)25)32-17-21-5-7-22(8-6-21)27(31)28-11-4-12-29-15-19(2)33-20(3)16-29/h5-10,13-14,19-20H,4,11-12,15-17H2,1-3H3,(H,28,31)/t19-,20-/m1/s1. The van der Waals surface area contributed by atoms with Gasteiger partial charge in [0, 0.05) is 49.3 Å². The van der Waals surface area contributed by atoms with Crippen LogP contribution in [-0.2, 0) is 11.3 Å². The van der Waals surface area contributed by atoms with Gasteiger partial charge in [-0.25, -0.2) is 4.79 Å². The van der Waals surface area contributed by atoms with Gasteiger partial charge in [-0.1, -0.05) is 12.1 Å². The molecular formula is C27H32N2O5. The van der Waals surface area contributed by atoms with Crippen LogP contribution in [-0.4, -0.2) is 49.2 Å². The lowest BCUT2D eigenvalue weighted by Crippen LogP contribution is -2.46. The second kappa shape index (κ2) is 10.8. The summed E-state index contributed by atoms with van der Waals surface area (Å²) in [6, 6.07) is 14.3. The minimum Gasteiger partial charge on any atom is -0.489 e. The van der Waals surface area contributed by atoms with Gasteiger partial charge in [-0.05, 0) is 62.6 Å². The Morgan fingerprint density at radius 3 is 2.56 bits per heavy atom. The fourth-order valence-corrected chi connectivity index (χ4v) is 4.39. The van der Waals surface area contributed by atoms with Crippen molar-refractivity contribution >= 4 is 16.9 Å². The normalized spacial score (nSPS) is 18.7. The molecule has 0 spiro atoms. The predicted octanol–water partition coefficient (Wildman–Crippen LogP) is 3.91. The van der Waals surface area contributed by atoms with Gasteiger partial charge in [0.25, 0.3) is 5.91 Å². The number of rotatable bonds is 8. The molecule has 2 heterocycles. The Kier molecular flexibility index (Phi) is 7.65. The summed E-state index contributed by atoms with van der Waals surface area (Å²) in [6.45, 7) is 9.89. The van der Waals surface area contributed by atoms with Crippen molar-refractivity contribution in [2.45, 2.75) is 46.0 Å². The zero-order valence-corrected chi connectivity index (χ0v) is 20.0. The third-order valence-electron chi connectivity index (χ3n) is 5.98. The summed E-state index contributed by atoms with van der Waals surface area (Å²) >= 11 is 0. The molecule has 0 unspecified atom stereocenters. The van der Waals surface area contributed by atoms with E-state index in [1.807, 2.05) is 43.3 Å². The average Bonchev–Trinajstić information content (AvgIpc) is 2.80. The molecule has 1 saturated heterocycles. The first-order valence-corrected chi connectivity index (χ1v) is 11.8. The van der Waals surface area contributed by atoms with Crippen molar-refractivity contribution in [2.75, 3.05) is 26.2 Å². The van der Waals surface area contributed by atoms with E-state index in [0.717, 1.165) is 42.6 Å². The summed E-state index contributed by atoms with van der Waals surface area (Å²) in [5.74, 6) is 0.545. The second-order valence-corrected chi connectivity index (χ2v) is 9.02. The molecule has 34 heavy (non-hydrogen) atoms. The molecule has 3 aromatic rings. The first kappa shape index (κ1) is 24.0. The molecule has 4 rings (SSSR count). The molecule has 7 heteroatoms. The molecule has 0 saturated carbocycles. The summed E-state index contributed by atoms with van der Waals surface area (Å²) in [7, 11) is 0. The van der Waals surface area contributed by atoms with Gasteiger partial charge in [-0.2, -0.15) is 0 Å². The van der Waals surface area contributed by atoms with Gasteiger partial charge in [0.2, 0.25) is 0 Å². The monoisotopic (exact) mass is 464 g/mol. The minimum atomic E-state index is -0.374. The van der Waals surface area contributed by atoms with Gasteiger partial charge >= 0.3 is 5.63 Å². The van der Waals surface area contributed by atoms with Crippen LogP contribution in [0.3, 0.4) is 0 Å². The number of hydrogen-bond donors (Lipinski definition) is 1. The number of benzene rings is 2. The molecule has 1 N–H and O–H groups in total. The number of ether oxygens (including phenoxy) is 2. The molecule has 2 aromatic carbocycles. The molecule has 1 fully saturated rings. The third kappa shape index (κ3) is 6.24. The second-order valence-electron chi connectivity index (χ2n) is 9.02. The smallest absolute Gasteiger partial charge is 0.336 e. The molecule has 7 nitrogen and oxygen atoms in total. The third-order valence-corrected chi connectivity index (χ3v) is 5.98. The van der Waals surface area contributed by atoms with Crippen LogP contribution in [0, 0.1) is 6.92 Å². The average molecular weight is 465 g/mol. The highest BCUT2D eigenvalue weighted by Gasteiger charge is 2.21. The van der Waals surface area contributed by atoms with Crippen LogP contribution in [0.15, 0.2) is 57.7 Å². The van der Waals surface area contributed by atoms with Crippen LogP contribution < -0.4 is 15.7 Å². The van der Waals surface area contributed by atoms with E-state index >= 15 is 0 Å². The highest BCUT2D eigenvalue weighted by Crippen LogP contribution is 2.23. The Labute approximate surface area is 199 Å². The molecule has 1 amide bonds. The van der Waals surface area contributed by atoms with Crippen molar-refractivity contribution in [2.24, 2.45) is 0 Å². The molecule has 2 atom stereocenters. The molecule has 0 bridgehead atoms. The zero-order valence-electron chi connectivity index (χ0n) is 20.0. The van der Waals surface area contributed by atoms with Gasteiger partial charge in [-0.3, -0.25) is 9.69 Å². The van der Waals surface area contributed by atoms with Crippen molar-refractivity contribution < 1.29 is 18.7 Å². The highest BCUT2D eigenvalue weighted by atomic mass is 16.5. The first-order valence-electron chi connectivity index (χ1n) is 11.8. The molecular weight excluding hydrogens is 432 g/mol. The van der Waals surface area contributed by atoms with Crippen molar-refractivity contribution in [1.29, 1.82) is 0 Å². The number of aryl methyl sites for hydroxylation is 1. The Morgan fingerprint density at radius 2 is 1.82 bits per heavy atom. The lowest BCUT2D eigenvalue weighted by Gasteiger charge is -2.35. The highest BCUT2D eigenvalue weighted by molar-refractivity contribution is 5.94. The number of fused-ring (bicyclic) bond motifs is 1. The molecule has 0 aliphatic carbocycles. The van der Waals surface area contributed by atoms with E-state index in [0.29, 0.717) is 30.0 Å². The maximum absolute atomic E-state index is 12.5. The van der Waals surface area contributed by atoms with Gasteiger partial charge in [-0.15, -0.1) is 0 Å². The predicted molar refractivity (Wildman–Crippen MR) is 131 cm³/mol. The number of hydrogen-bond acceptors (Lipinski definition) is 6. The van der Waals surface area contributed by atoms with Crippen LogP contribution in [0.25, 0.3) is 11.0 Å². The Balaban J connectivity index is 1.24. The maximum atomic E-state index is 12.5. The number of morpholine rings is 1. The first-order chi connectivity index (χ1) is 16.4.